The van der Waals surface area contributed by atoms with Crippen LogP contribution < -0.4 is 4.74 Å². The van der Waals surface area contributed by atoms with Crippen LogP contribution in [0.3, 0.4) is 0 Å². The normalized spacial score (nSPS) is 8.54. The van der Waals surface area contributed by atoms with Crippen LogP contribution in [-0.4, -0.2) is 11.6 Å². The largest absolute Gasteiger partial charge is 0.492 e. The van der Waals surface area contributed by atoms with Gasteiger partial charge in [0.05, 0.1) is 12.8 Å². The van der Waals surface area contributed by atoms with Gasteiger partial charge in [-0.05, 0) is 19.1 Å². The Morgan fingerprint density at radius 2 is 1.92 bits per heavy atom. The Morgan fingerprint density at radius 3 is 2.31 bits per heavy atom. The van der Waals surface area contributed by atoms with Gasteiger partial charge in [-0.1, -0.05) is 26.7 Å². The maximum absolute atomic E-state index is 5.14. The number of hydrogen-bond acceptors (Lipinski definition) is 2. The molecule has 0 spiro atoms. The van der Waals surface area contributed by atoms with Gasteiger partial charge in [-0.15, -0.1) is 0 Å². The Morgan fingerprint density at radius 1 is 1.23 bits per heavy atom. The molecule has 0 radical (unpaired) electrons. The van der Waals surface area contributed by atoms with E-state index in [0.717, 1.165) is 5.75 Å². The molecule has 74 valence electrons. The van der Waals surface area contributed by atoms with Crippen molar-refractivity contribution in [1.82, 2.24) is 4.98 Å². The molecule has 2 nitrogen and oxygen atoms in total. The van der Waals surface area contributed by atoms with Gasteiger partial charge in [0.1, 0.15) is 5.75 Å². The molecule has 0 saturated carbocycles. The second-order valence-corrected chi connectivity index (χ2v) is 2.62. The molecule has 0 aliphatic carbocycles. The number of nitrogens with zero attached hydrogens (tertiary/aromatic N) is 1. The summed E-state index contributed by atoms with van der Waals surface area (Å²) in [6, 6.07) is 3.74. The SMILES string of the molecule is CCCC.CCOc1cccnc1. The van der Waals surface area contributed by atoms with Crippen LogP contribution in [0.2, 0.25) is 0 Å². The lowest BCUT2D eigenvalue weighted by Crippen LogP contribution is -1.90. The third-order valence-corrected chi connectivity index (χ3v) is 1.45. The summed E-state index contributed by atoms with van der Waals surface area (Å²) < 4.78 is 5.14. The lowest BCUT2D eigenvalue weighted by atomic mass is 10.4. The van der Waals surface area contributed by atoms with E-state index in [1.54, 1.807) is 12.4 Å². The first-order valence-corrected chi connectivity index (χ1v) is 4.87. The Kier molecular flexibility index (Phi) is 8.31. The lowest BCUT2D eigenvalue weighted by Gasteiger charge is -1.98. The van der Waals surface area contributed by atoms with Crippen molar-refractivity contribution in [3.8, 4) is 5.75 Å². The summed E-state index contributed by atoms with van der Waals surface area (Å²) in [5, 5.41) is 0. The molecule has 0 saturated heterocycles. The summed E-state index contributed by atoms with van der Waals surface area (Å²) in [5.41, 5.74) is 0. The average molecular weight is 181 g/mol. The highest BCUT2D eigenvalue weighted by Crippen LogP contribution is 2.04. The fourth-order valence-corrected chi connectivity index (χ4v) is 0.599. The molecule has 1 aromatic heterocycles. The van der Waals surface area contributed by atoms with Crippen molar-refractivity contribution < 1.29 is 4.74 Å². The Hall–Kier alpha value is -1.05. The quantitative estimate of drug-likeness (QED) is 0.714. The van der Waals surface area contributed by atoms with Gasteiger partial charge in [-0.3, -0.25) is 4.98 Å². The number of ether oxygens (including phenoxy) is 1. The minimum Gasteiger partial charge on any atom is -0.492 e. The van der Waals surface area contributed by atoms with Crippen LogP contribution in [0.25, 0.3) is 0 Å². The second-order valence-electron chi connectivity index (χ2n) is 2.62. The van der Waals surface area contributed by atoms with E-state index in [4.69, 9.17) is 4.74 Å². The Balaban J connectivity index is 0.000000310. The zero-order chi connectivity index (χ0) is 9.94. The topological polar surface area (TPSA) is 22.1 Å². The molecule has 1 rings (SSSR count). The van der Waals surface area contributed by atoms with Crippen LogP contribution in [0.5, 0.6) is 5.75 Å². The zero-order valence-electron chi connectivity index (χ0n) is 8.79. The fourth-order valence-electron chi connectivity index (χ4n) is 0.599. The zero-order valence-corrected chi connectivity index (χ0v) is 8.79. The first kappa shape index (κ1) is 11.9. The van der Waals surface area contributed by atoms with Crippen molar-refractivity contribution in [2.45, 2.75) is 33.6 Å². The lowest BCUT2D eigenvalue weighted by molar-refractivity contribution is 0.339. The number of rotatable bonds is 3. The van der Waals surface area contributed by atoms with Gasteiger partial charge in [0.25, 0.3) is 0 Å². The van der Waals surface area contributed by atoms with Crippen LogP contribution in [0.15, 0.2) is 24.5 Å². The predicted octanol–water partition coefficient (Wildman–Crippen LogP) is 3.29. The van der Waals surface area contributed by atoms with E-state index >= 15 is 0 Å². The first-order valence-electron chi connectivity index (χ1n) is 4.87. The van der Waals surface area contributed by atoms with Crippen molar-refractivity contribution in [3.05, 3.63) is 24.5 Å². The van der Waals surface area contributed by atoms with E-state index in [-0.39, 0.29) is 0 Å². The predicted molar refractivity (Wildman–Crippen MR) is 56.0 cm³/mol. The van der Waals surface area contributed by atoms with Crippen molar-refractivity contribution in [3.63, 3.8) is 0 Å². The molecule has 0 aliphatic heterocycles. The molecule has 2 heteroatoms. The minimum absolute atomic E-state index is 0.700. The van der Waals surface area contributed by atoms with Gasteiger partial charge in [0.2, 0.25) is 0 Å². The molecule has 0 atom stereocenters. The van der Waals surface area contributed by atoms with Gasteiger partial charge in [-0.25, -0.2) is 0 Å². The highest BCUT2D eigenvalue weighted by Gasteiger charge is 1.84. The average Bonchev–Trinajstić information content (AvgIpc) is 2.20. The minimum atomic E-state index is 0.700. The van der Waals surface area contributed by atoms with Gasteiger partial charge in [0.15, 0.2) is 0 Å². The summed E-state index contributed by atoms with van der Waals surface area (Å²) in [7, 11) is 0. The number of unbranched alkanes of at least 4 members (excludes halogenated alkanes) is 1. The van der Waals surface area contributed by atoms with E-state index in [1.165, 1.54) is 12.8 Å². The molecule has 0 aromatic carbocycles. The number of hydrogen-bond donors (Lipinski definition) is 0. The molecule has 13 heavy (non-hydrogen) atoms. The molecule has 1 aromatic rings. The van der Waals surface area contributed by atoms with E-state index < -0.39 is 0 Å². The van der Waals surface area contributed by atoms with Gasteiger partial charge >= 0.3 is 0 Å². The summed E-state index contributed by atoms with van der Waals surface area (Å²) >= 11 is 0. The first-order chi connectivity index (χ1) is 6.35. The maximum atomic E-state index is 5.14. The highest BCUT2D eigenvalue weighted by atomic mass is 16.5. The van der Waals surface area contributed by atoms with E-state index in [2.05, 4.69) is 18.8 Å². The molecule has 0 fully saturated rings. The molecule has 0 aliphatic rings. The summed E-state index contributed by atoms with van der Waals surface area (Å²) in [5.74, 6) is 0.833. The monoisotopic (exact) mass is 181 g/mol. The maximum Gasteiger partial charge on any atom is 0.137 e. The van der Waals surface area contributed by atoms with E-state index in [9.17, 15) is 0 Å². The third kappa shape index (κ3) is 7.32. The standard InChI is InChI=1S/C7H9NO.C4H10/c1-2-9-7-4-3-5-8-6-7;1-3-4-2/h3-6H,2H2,1H3;3-4H2,1-2H3. The molecule has 0 unspecified atom stereocenters. The van der Waals surface area contributed by atoms with Crippen LogP contribution >= 0.6 is 0 Å². The number of pyridine rings is 1. The smallest absolute Gasteiger partial charge is 0.137 e. The number of aromatic nitrogens is 1. The van der Waals surface area contributed by atoms with Crippen molar-refractivity contribution in [1.29, 1.82) is 0 Å². The highest BCUT2D eigenvalue weighted by molar-refractivity contribution is 5.14. The Bertz CT molecular complexity index is 185. The fraction of sp³-hybridized carbons (Fsp3) is 0.545. The molecular weight excluding hydrogens is 162 g/mol. The van der Waals surface area contributed by atoms with Crippen LogP contribution in [0.4, 0.5) is 0 Å². The molecule has 1 heterocycles. The summed E-state index contributed by atoms with van der Waals surface area (Å²) in [6.45, 7) is 7.01. The van der Waals surface area contributed by atoms with Crippen LogP contribution in [0, 0.1) is 0 Å². The van der Waals surface area contributed by atoms with Gasteiger partial charge in [0, 0.05) is 6.20 Å². The Labute approximate surface area is 81.0 Å². The summed E-state index contributed by atoms with van der Waals surface area (Å²) in [4.78, 5) is 3.88. The molecule has 0 N–H and O–H groups in total. The third-order valence-electron chi connectivity index (χ3n) is 1.45. The van der Waals surface area contributed by atoms with Crippen molar-refractivity contribution in [2.75, 3.05) is 6.61 Å². The van der Waals surface area contributed by atoms with Crippen molar-refractivity contribution in [2.24, 2.45) is 0 Å². The molecule has 0 bridgehead atoms. The molecule has 0 amide bonds. The van der Waals surface area contributed by atoms with Crippen LogP contribution in [0.1, 0.15) is 33.6 Å². The van der Waals surface area contributed by atoms with Gasteiger partial charge < -0.3 is 4.74 Å². The van der Waals surface area contributed by atoms with E-state index in [1.807, 2.05) is 19.1 Å². The van der Waals surface area contributed by atoms with Crippen molar-refractivity contribution >= 4 is 0 Å². The van der Waals surface area contributed by atoms with E-state index in [0.29, 0.717) is 6.61 Å². The second kappa shape index (κ2) is 9.04. The molecular formula is C11H19NO. The van der Waals surface area contributed by atoms with Crippen LogP contribution in [-0.2, 0) is 0 Å². The summed E-state index contributed by atoms with van der Waals surface area (Å²) in [6.07, 6.45) is 6.06. The van der Waals surface area contributed by atoms with Gasteiger partial charge in [-0.2, -0.15) is 0 Å².